The highest BCUT2D eigenvalue weighted by molar-refractivity contribution is 5.93. The van der Waals surface area contributed by atoms with E-state index in [1.807, 2.05) is 6.92 Å². The van der Waals surface area contributed by atoms with Crippen LogP contribution in [0.15, 0.2) is 18.2 Å². The van der Waals surface area contributed by atoms with E-state index in [1.54, 1.807) is 0 Å². The number of hydrogen-bond donors (Lipinski definition) is 0. The molecule has 104 valence electrons. The molecule has 1 saturated carbocycles. The van der Waals surface area contributed by atoms with E-state index in [9.17, 15) is 22.4 Å². The van der Waals surface area contributed by atoms with Gasteiger partial charge in [-0.05, 0) is 31.4 Å². The summed E-state index contributed by atoms with van der Waals surface area (Å²) in [4.78, 5) is 12.0. The van der Waals surface area contributed by atoms with Crippen LogP contribution in [0.25, 0.3) is 0 Å². The van der Waals surface area contributed by atoms with Crippen molar-refractivity contribution in [1.29, 1.82) is 0 Å². The predicted molar refractivity (Wildman–Crippen MR) is 62.2 cm³/mol. The van der Waals surface area contributed by atoms with Crippen LogP contribution in [-0.2, 0) is 16.4 Å². The van der Waals surface area contributed by atoms with Gasteiger partial charge < -0.3 is 0 Å². The fourth-order valence-corrected chi connectivity index (χ4v) is 2.37. The van der Waals surface area contributed by atoms with Gasteiger partial charge in [-0.15, -0.1) is 0 Å². The van der Waals surface area contributed by atoms with Crippen molar-refractivity contribution >= 4 is 5.78 Å². The maximum absolute atomic E-state index is 13.9. The number of halogens is 4. The van der Waals surface area contributed by atoms with Crippen molar-refractivity contribution in [3.05, 3.63) is 35.1 Å². The number of carbonyl (C=O) groups excluding carboxylic acids is 1. The number of rotatable bonds is 4. The Morgan fingerprint density at radius 1 is 1.32 bits per heavy atom. The molecule has 0 N–H and O–H groups in total. The van der Waals surface area contributed by atoms with E-state index < -0.39 is 23.0 Å². The molecule has 5 heteroatoms. The van der Waals surface area contributed by atoms with Crippen molar-refractivity contribution in [1.82, 2.24) is 0 Å². The SMILES string of the molecule is CCCC(=O)C1(c2ccc(C(F)(F)F)cc2F)CC1. The molecule has 1 aromatic carbocycles. The molecular weight excluding hydrogens is 260 g/mol. The van der Waals surface area contributed by atoms with Gasteiger partial charge >= 0.3 is 6.18 Å². The molecule has 1 aliphatic carbocycles. The molecule has 1 aromatic rings. The normalized spacial score (nSPS) is 17.3. The highest BCUT2D eigenvalue weighted by Crippen LogP contribution is 2.51. The highest BCUT2D eigenvalue weighted by atomic mass is 19.4. The second-order valence-electron chi connectivity index (χ2n) is 4.95. The van der Waals surface area contributed by atoms with Gasteiger partial charge in [-0.2, -0.15) is 13.2 Å². The first-order valence-electron chi connectivity index (χ1n) is 6.22. The molecule has 0 aliphatic heterocycles. The lowest BCUT2D eigenvalue weighted by Gasteiger charge is -2.16. The van der Waals surface area contributed by atoms with Gasteiger partial charge in [0.1, 0.15) is 11.6 Å². The molecule has 0 unspecified atom stereocenters. The van der Waals surface area contributed by atoms with Crippen LogP contribution in [0.3, 0.4) is 0 Å². The van der Waals surface area contributed by atoms with Crippen LogP contribution in [0.4, 0.5) is 17.6 Å². The third-order valence-corrected chi connectivity index (χ3v) is 3.57. The molecule has 1 aliphatic rings. The third-order valence-electron chi connectivity index (χ3n) is 3.57. The molecule has 0 aromatic heterocycles. The van der Waals surface area contributed by atoms with Gasteiger partial charge in [0.2, 0.25) is 0 Å². The molecular formula is C14H14F4O. The maximum Gasteiger partial charge on any atom is 0.416 e. The molecule has 0 bridgehead atoms. The Kier molecular flexibility index (Phi) is 3.41. The Hall–Kier alpha value is -1.39. The summed E-state index contributed by atoms with van der Waals surface area (Å²) in [6, 6.07) is 2.44. The van der Waals surface area contributed by atoms with Gasteiger partial charge in [-0.3, -0.25) is 4.79 Å². The minimum absolute atomic E-state index is 0.0753. The lowest BCUT2D eigenvalue weighted by molar-refractivity contribution is -0.137. The lowest BCUT2D eigenvalue weighted by Crippen LogP contribution is -2.22. The molecule has 0 radical (unpaired) electrons. The molecule has 1 nitrogen and oxygen atoms in total. The van der Waals surface area contributed by atoms with Crippen LogP contribution in [0, 0.1) is 5.82 Å². The maximum atomic E-state index is 13.9. The molecule has 0 amide bonds. The zero-order valence-corrected chi connectivity index (χ0v) is 10.5. The fourth-order valence-electron chi connectivity index (χ4n) is 2.37. The van der Waals surface area contributed by atoms with Crippen molar-refractivity contribution in [2.24, 2.45) is 0 Å². The zero-order valence-electron chi connectivity index (χ0n) is 10.5. The summed E-state index contributed by atoms with van der Waals surface area (Å²) in [5.74, 6) is -1.01. The van der Waals surface area contributed by atoms with E-state index >= 15 is 0 Å². The first-order valence-corrected chi connectivity index (χ1v) is 6.22. The molecule has 0 heterocycles. The number of carbonyl (C=O) groups is 1. The van der Waals surface area contributed by atoms with Crippen molar-refractivity contribution in [3.63, 3.8) is 0 Å². The summed E-state index contributed by atoms with van der Waals surface area (Å²) in [5.41, 5.74) is -1.78. The summed E-state index contributed by atoms with van der Waals surface area (Å²) in [6.45, 7) is 1.84. The minimum atomic E-state index is -4.57. The molecule has 2 rings (SSSR count). The predicted octanol–water partition coefficient (Wildman–Crippen LogP) is 4.25. The number of benzene rings is 1. The van der Waals surface area contributed by atoms with Crippen LogP contribution in [-0.4, -0.2) is 5.78 Å². The van der Waals surface area contributed by atoms with E-state index in [0.29, 0.717) is 31.7 Å². The molecule has 0 saturated heterocycles. The standard InChI is InChI=1S/C14H14F4O/c1-2-3-12(19)13(6-7-13)10-5-4-9(8-11(10)15)14(16,17)18/h4-5,8H,2-3,6-7H2,1H3. The van der Waals surface area contributed by atoms with E-state index in [0.717, 1.165) is 12.1 Å². The monoisotopic (exact) mass is 274 g/mol. The first-order chi connectivity index (χ1) is 8.81. The summed E-state index contributed by atoms with van der Waals surface area (Å²) in [7, 11) is 0. The van der Waals surface area contributed by atoms with Gasteiger partial charge in [0, 0.05) is 12.0 Å². The molecule has 0 atom stereocenters. The fraction of sp³-hybridized carbons (Fsp3) is 0.500. The molecule has 1 fully saturated rings. The van der Waals surface area contributed by atoms with E-state index in [-0.39, 0.29) is 11.3 Å². The van der Waals surface area contributed by atoms with Gasteiger partial charge in [0.25, 0.3) is 0 Å². The van der Waals surface area contributed by atoms with Crippen molar-refractivity contribution in [2.75, 3.05) is 0 Å². The Balaban J connectivity index is 2.35. The number of Topliss-reactive ketones (excluding diaryl/α,β-unsaturated/α-hetero) is 1. The number of alkyl halides is 3. The van der Waals surface area contributed by atoms with Gasteiger partial charge in [0.15, 0.2) is 0 Å². The van der Waals surface area contributed by atoms with Gasteiger partial charge in [-0.25, -0.2) is 4.39 Å². The lowest BCUT2D eigenvalue weighted by atomic mass is 9.88. The number of ketones is 1. The Morgan fingerprint density at radius 2 is 1.95 bits per heavy atom. The van der Waals surface area contributed by atoms with Crippen LogP contribution >= 0.6 is 0 Å². The van der Waals surface area contributed by atoms with Crippen molar-refractivity contribution in [2.45, 2.75) is 44.2 Å². The Bertz CT molecular complexity index is 501. The molecule has 19 heavy (non-hydrogen) atoms. The average Bonchev–Trinajstić information content (AvgIpc) is 3.09. The zero-order chi connectivity index (χ0) is 14.3. The van der Waals surface area contributed by atoms with Crippen LogP contribution in [0.1, 0.15) is 43.7 Å². The van der Waals surface area contributed by atoms with Crippen LogP contribution in [0.2, 0.25) is 0 Å². The number of hydrogen-bond acceptors (Lipinski definition) is 1. The summed E-state index contributed by atoms with van der Waals surface area (Å²) in [5, 5.41) is 0. The van der Waals surface area contributed by atoms with Crippen LogP contribution < -0.4 is 0 Å². The quantitative estimate of drug-likeness (QED) is 0.750. The minimum Gasteiger partial charge on any atom is -0.299 e. The van der Waals surface area contributed by atoms with Gasteiger partial charge in [-0.1, -0.05) is 13.0 Å². The Labute approximate surface area is 108 Å². The van der Waals surface area contributed by atoms with Crippen LogP contribution in [0.5, 0.6) is 0 Å². The third kappa shape index (κ3) is 2.51. The summed E-state index contributed by atoms with van der Waals surface area (Å²) < 4.78 is 51.2. The average molecular weight is 274 g/mol. The summed E-state index contributed by atoms with van der Waals surface area (Å²) in [6.07, 6.45) is -2.53. The highest BCUT2D eigenvalue weighted by Gasteiger charge is 2.51. The van der Waals surface area contributed by atoms with E-state index in [2.05, 4.69) is 0 Å². The largest absolute Gasteiger partial charge is 0.416 e. The van der Waals surface area contributed by atoms with Crippen molar-refractivity contribution in [3.8, 4) is 0 Å². The Morgan fingerprint density at radius 3 is 2.37 bits per heavy atom. The van der Waals surface area contributed by atoms with E-state index in [4.69, 9.17) is 0 Å². The smallest absolute Gasteiger partial charge is 0.299 e. The second kappa shape index (κ2) is 4.62. The molecule has 0 spiro atoms. The van der Waals surface area contributed by atoms with E-state index in [1.165, 1.54) is 0 Å². The summed E-state index contributed by atoms with van der Waals surface area (Å²) >= 11 is 0. The van der Waals surface area contributed by atoms with Crippen molar-refractivity contribution < 1.29 is 22.4 Å². The van der Waals surface area contributed by atoms with Gasteiger partial charge in [0.05, 0.1) is 11.0 Å². The second-order valence-corrected chi connectivity index (χ2v) is 4.95. The first kappa shape index (κ1) is 14.0. The topological polar surface area (TPSA) is 17.1 Å².